The second-order valence-electron chi connectivity index (χ2n) is 8.12. The highest BCUT2D eigenvalue weighted by atomic mass is 16.5. The number of ether oxygens (including phenoxy) is 3. The Morgan fingerprint density at radius 3 is 2.19 bits per heavy atom. The highest BCUT2D eigenvalue weighted by Crippen LogP contribution is 2.38. The van der Waals surface area contributed by atoms with Crippen molar-refractivity contribution in [1.82, 2.24) is 9.80 Å². The highest BCUT2D eigenvalue weighted by molar-refractivity contribution is 5.93. The van der Waals surface area contributed by atoms with E-state index in [1.54, 1.807) is 33.5 Å². The number of allylic oxidation sites excluding steroid dienone is 1. The zero-order valence-electron chi connectivity index (χ0n) is 19.6. The van der Waals surface area contributed by atoms with Gasteiger partial charge in [0.25, 0.3) is 0 Å². The SMILES string of the molecule is COc1cc(/C=C/C(=O)CCN2CCN(Cc3cccc(C)c3)CC2)cc(OC)c1OC. The first-order valence-corrected chi connectivity index (χ1v) is 11.0. The van der Waals surface area contributed by atoms with Crippen LogP contribution in [-0.4, -0.2) is 69.6 Å². The summed E-state index contributed by atoms with van der Waals surface area (Å²) in [4.78, 5) is 17.3. The van der Waals surface area contributed by atoms with E-state index in [1.807, 2.05) is 12.1 Å². The quantitative estimate of drug-likeness (QED) is 0.526. The highest BCUT2D eigenvalue weighted by Gasteiger charge is 2.17. The lowest BCUT2D eigenvalue weighted by Gasteiger charge is -2.34. The summed E-state index contributed by atoms with van der Waals surface area (Å²) in [6.45, 7) is 7.97. The summed E-state index contributed by atoms with van der Waals surface area (Å²) >= 11 is 0. The summed E-state index contributed by atoms with van der Waals surface area (Å²) in [5.41, 5.74) is 3.50. The van der Waals surface area contributed by atoms with Crippen LogP contribution in [0.15, 0.2) is 42.5 Å². The van der Waals surface area contributed by atoms with Crippen LogP contribution in [0.5, 0.6) is 17.2 Å². The van der Waals surface area contributed by atoms with Gasteiger partial charge in [-0.25, -0.2) is 0 Å². The zero-order valence-corrected chi connectivity index (χ0v) is 19.6. The number of benzene rings is 2. The van der Waals surface area contributed by atoms with Crippen molar-refractivity contribution in [3.63, 3.8) is 0 Å². The van der Waals surface area contributed by atoms with Crippen LogP contribution in [0.25, 0.3) is 6.08 Å². The monoisotopic (exact) mass is 438 g/mol. The molecule has 0 atom stereocenters. The zero-order chi connectivity index (χ0) is 22.9. The fraction of sp³-hybridized carbons (Fsp3) is 0.423. The molecule has 6 nitrogen and oxygen atoms in total. The van der Waals surface area contributed by atoms with Crippen molar-refractivity contribution >= 4 is 11.9 Å². The molecule has 0 bridgehead atoms. The Hall–Kier alpha value is -2.83. The normalized spacial score (nSPS) is 15.1. The predicted octanol–water partition coefficient (Wildman–Crippen LogP) is 3.81. The molecule has 1 saturated heterocycles. The van der Waals surface area contributed by atoms with Gasteiger partial charge in [0.15, 0.2) is 17.3 Å². The molecule has 1 aliphatic rings. The molecule has 0 unspecified atom stereocenters. The van der Waals surface area contributed by atoms with E-state index in [2.05, 4.69) is 41.0 Å². The molecule has 0 amide bonds. The van der Waals surface area contributed by atoms with E-state index >= 15 is 0 Å². The Bertz CT molecular complexity index is 908. The number of carbonyl (C=O) groups is 1. The number of piperazine rings is 1. The van der Waals surface area contributed by atoms with Crippen LogP contribution in [-0.2, 0) is 11.3 Å². The Balaban J connectivity index is 1.46. The summed E-state index contributed by atoms with van der Waals surface area (Å²) in [7, 11) is 4.73. The topological polar surface area (TPSA) is 51.2 Å². The van der Waals surface area contributed by atoms with Crippen molar-refractivity contribution in [2.75, 3.05) is 54.1 Å². The van der Waals surface area contributed by atoms with Gasteiger partial charge in [0, 0.05) is 45.7 Å². The van der Waals surface area contributed by atoms with E-state index in [1.165, 1.54) is 11.1 Å². The lowest BCUT2D eigenvalue weighted by atomic mass is 10.1. The van der Waals surface area contributed by atoms with Gasteiger partial charge in [0.1, 0.15) is 0 Å². The molecular formula is C26H34N2O4. The van der Waals surface area contributed by atoms with Crippen molar-refractivity contribution in [3.8, 4) is 17.2 Å². The third-order valence-corrected chi connectivity index (χ3v) is 5.78. The minimum Gasteiger partial charge on any atom is -0.493 e. The molecule has 172 valence electrons. The number of rotatable bonds is 10. The van der Waals surface area contributed by atoms with Crippen LogP contribution in [0.4, 0.5) is 0 Å². The third-order valence-electron chi connectivity index (χ3n) is 5.78. The summed E-state index contributed by atoms with van der Waals surface area (Å²) in [6.07, 6.45) is 3.94. The standard InChI is InChI=1S/C26H34N2O4/c1-20-6-5-7-22(16-20)19-28-14-12-27(13-15-28)11-10-23(29)9-8-21-17-24(30-2)26(32-4)25(18-21)31-3/h5-9,16-18H,10-15,19H2,1-4H3/b9-8+. The number of nitrogens with zero attached hydrogens (tertiary/aromatic N) is 2. The van der Waals surface area contributed by atoms with Crippen molar-refractivity contribution in [1.29, 1.82) is 0 Å². The molecule has 6 heteroatoms. The van der Waals surface area contributed by atoms with Crippen molar-refractivity contribution in [2.45, 2.75) is 19.9 Å². The Morgan fingerprint density at radius 1 is 0.938 bits per heavy atom. The Labute approximate surface area is 191 Å². The Kier molecular flexibility index (Phi) is 8.71. The van der Waals surface area contributed by atoms with Crippen LogP contribution >= 0.6 is 0 Å². The van der Waals surface area contributed by atoms with Crippen LogP contribution in [0.2, 0.25) is 0 Å². The molecule has 0 N–H and O–H groups in total. The molecule has 0 aromatic heterocycles. The molecule has 0 radical (unpaired) electrons. The second-order valence-corrected chi connectivity index (χ2v) is 8.12. The minimum absolute atomic E-state index is 0.112. The summed E-state index contributed by atoms with van der Waals surface area (Å²) in [5, 5.41) is 0. The lowest BCUT2D eigenvalue weighted by Crippen LogP contribution is -2.46. The van der Waals surface area contributed by atoms with Gasteiger partial charge in [-0.2, -0.15) is 0 Å². The fourth-order valence-electron chi connectivity index (χ4n) is 3.98. The largest absolute Gasteiger partial charge is 0.493 e. The fourth-order valence-corrected chi connectivity index (χ4v) is 3.98. The van der Waals surface area contributed by atoms with E-state index in [0.29, 0.717) is 23.7 Å². The molecule has 0 spiro atoms. The van der Waals surface area contributed by atoms with Crippen LogP contribution in [0, 0.1) is 6.92 Å². The van der Waals surface area contributed by atoms with Crippen LogP contribution in [0.3, 0.4) is 0 Å². The van der Waals surface area contributed by atoms with Crippen molar-refractivity contribution in [3.05, 3.63) is 59.2 Å². The number of aryl methyl sites for hydroxylation is 1. The van der Waals surface area contributed by atoms with Crippen LogP contribution < -0.4 is 14.2 Å². The van der Waals surface area contributed by atoms with Crippen molar-refractivity contribution in [2.24, 2.45) is 0 Å². The van der Waals surface area contributed by atoms with Gasteiger partial charge in [0.2, 0.25) is 5.75 Å². The first-order chi connectivity index (χ1) is 15.5. The van der Waals surface area contributed by atoms with E-state index in [-0.39, 0.29) is 5.78 Å². The van der Waals surface area contributed by atoms with Gasteiger partial charge in [-0.15, -0.1) is 0 Å². The maximum absolute atomic E-state index is 12.4. The van der Waals surface area contributed by atoms with E-state index in [9.17, 15) is 4.79 Å². The molecule has 2 aromatic rings. The third kappa shape index (κ3) is 6.58. The number of carbonyl (C=O) groups excluding carboxylic acids is 1. The second kappa shape index (κ2) is 11.7. The van der Waals surface area contributed by atoms with Gasteiger partial charge < -0.3 is 19.1 Å². The predicted molar refractivity (Wildman–Crippen MR) is 128 cm³/mol. The van der Waals surface area contributed by atoms with E-state index < -0.39 is 0 Å². The molecule has 1 fully saturated rings. The van der Waals surface area contributed by atoms with E-state index in [4.69, 9.17) is 14.2 Å². The van der Waals surface area contributed by atoms with Crippen molar-refractivity contribution < 1.29 is 19.0 Å². The first-order valence-electron chi connectivity index (χ1n) is 11.0. The Morgan fingerprint density at radius 2 is 1.59 bits per heavy atom. The van der Waals surface area contributed by atoms with Gasteiger partial charge in [-0.1, -0.05) is 35.9 Å². The van der Waals surface area contributed by atoms with Gasteiger partial charge in [0.05, 0.1) is 21.3 Å². The molecule has 1 heterocycles. The van der Waals surface area contributed by atoms with Gasteiger partial charge in [-0.05, 0) is 36.3 Å². The minimum atomic E-state index is 0.112. The maximum Gasteiger partial charge on any atom is 0.203 e. The lowest BCUT2D eigenvalue weighted by molar-refractivity contribution is -0.114. The molecular weight excluding hydrogens is 404 g/mol. The van der Waals surface area contributed by atoms with E-state index in [0.717, 1.165) is 44.8 Å². The van der Waals surface area contributed by atoms with Gasteiger partial charge in [-0.3, -0.25) is 9.69 Å². The van der Waals surface area contributed by atoms with Crippen LogP contribution in [0.1, 0.15) is 23.1 Å². The molecule has 0 saturated carbocycles. The number of hydrogen-bond acceptors (Lipinski definition) is 6. The average molecular weight is 439 g/mol. The molecule has 2 aromatic carbocycles. The molecule has 0 aliphatic carbocycles. The maximum atomic E-state index is 12.4. The average Bonchev–Trinajstić information content (AvgIpc) is 2.81. The number of methoxy groups -OCH3 is 3. The first kappa shape index (κ1) is 23.8. The molecule has 1 aliphatic heterocycles. The summed E-state index contributed by atoms with van der Waals surface area (Å²) < 4.78 is 16.1. The molecule has 3 rings (SSSR count). The smallest absolute Gasteiger partial charge is 0.203 e. The van der Waals surface area contributed by atoms with Gasteiger partial charge >= 0.3 is 0 Å². The molecule has 32 heavy (non-hydrogen) atoms. The summed E-state index contributed by atoms with van der Waals surface area (Å²) in [5.74, 6) is 1.80. The summed E-state index contributed by atoms with van der Waals surface area (Å²) in [6, 6.07) is 12.4. The number of hydrogen-bond donors (Lipinski definition) is 0. The number of ketones is 1.